The van der Waals surface area contributed by atoms with E-state index in [-0.39, 0.29) is 67.3 Å². The van der Waals surface area contributed by atoms with Gasteiger partial charge in [0.15, 0.2) is 0 Å². The number of benzene rings is 4. The predicted molar refractivity (Wildman–Crippen MR) is 446 cm³/mol. The summed E-state index contributed by atoms with van der Waals surface area (Å²) in [6.45, 7) is 19.4. The highest BCUT2D eigenvalue weighted by atomic mass is 16.6. The zero-order valence-corrected chi connectivity index (χ0v) is 69.1. The van der Waals surface area contributed by atoms with E-state index in [1.807, 2.05) is 30.8 Å². The number of carbonyl (C=O) groups excluding carboxylic acids is 4. The molecule has 610 valence electrons. The van der Waals surface area contributed by atoms with Gasteiger partial charge in [0.25, 0.3) is 0 Å². The summed E-state index contributed by atoms with van der Waals surface area (Å²) < 4.78 is 16.4. The van der Waals surface area contributed by atoms with Crippen molar-refractivity contribution in [2.24, 2.45) is 47.3 Å². The minimum absolute atomic E-state index is 0. The molecular weight excluding hydrogens is 1390 g/mol. The summed E-state index contributed by atoms with van der Waals surface area (Å²) >= 11 is 0. The number of hydrogen-bond donors (Lipinski definition) is 1. The zero-order valence-electron chi connectivity index (χ0n) is 69.1. The van der Waals surface area contributed by atoms with Crippen molar-refractivity contribution >= 4 is 24.0 Å². The van der Waals surface area contributed by atoms with E-state index in [4.69, 9.17) is 14.2 Å². The van der Waals surface area contributed by atoms with Gasteiger partial charge in [-0.1, -0.05) is 123 Å². The Bertz CT molecular complexity index is 3960. The number of fused-ring (bicyclic) bond motifs is 16. The molecule has 7 heterocycles. The molecule has 10 aliphatic carbocycles. The number of hydrogen-bond acceptors (Lipinski definition) is 11. The van der Waals surface area contributed by atoms with Gasteiger partial charge in [0.1, 0.15) is 6.10 Å². The van der Waals surface area contributed by atoms with Crippen LogP contribution in [-0.4, -0.2) is 188 Å². The van der Waals surface area contributed by atoms with Crippen molar-refractivity contribution in [3.8, 4) is 0 Å². The Labute approximate surface area is 674 Å². The molecule has 17 aliphatic rings. The summed E-state index contributed by atoms with van der Waals surface area (Å²) in [4.78, 5) is 65.9. The number of nitrogens with zero attached hydrogens (tertiary/aromatic N) is 7. The van der Waals surface area contributed by atoms with E-state index in [0.717, 1.165) is 105 Å². The molecular formula is C97H140N8O7. The van der Waals surface area contributed by atoms with Crippen molar-refractivity contribution in [1.29, 1.82) is 0 Å². The van der Waals surface area contributed by atoms with Crippen LogP contribution in [0.15, 0.2) is 97.1 Å². The molecule has 7 aliphatic heterocycles. The predicted octanol–water partition coefficient (Wildman–Crippen LogP) is 17.9. The second-order valence-corrected chi connectivity index (χ2v) is 39.9. The minimum Gasteiger partial charge on any atom is -0.450 e. The van der Waals surface area contributed by atoms with E-state index >= 15 is 0 Å². The van der Waals surface area contributed by atoms with E-state index in [9.17, 15) is 19.2 Å². The second-order valence-electron chi connectivity index (χ2n) is 39.9. The summed E-state index contributed by atoms with van der Waals surface area (Å²) in [5.41, 5.74) is 13.1. The maximum absolute atomic E-state index is 12.8. The van der Waals surface area contributed by atoms with Crippen LogP contribution in [0.2, 0.25) is 0 Å². The van der Waals surface area contributed by atoms with Crippen LogP contribution < -0.4 is 5.32 Å². The summed E-state index contributed by atoms with van der Waals surface area (Å²) in [7, 11) is 3.88. The maximum atomic E-state index is 12.8. The van der Waals surface area contributed by atoms with Gasteiger partial charge in [0.05, 0.1) is 37.9 Å². The van der Waals surface area contributed by atoms with E-state index in [1.54, 1.807) is 25.0 Å². The van der Waals surface area contributed by atoms with Gasteiger partial charge in [-0.25, -0.2) is 9.59 Å². The zero-order chi connectivity index (χ0) is 76.5. The Morgan fingerprint density at radius 3 is 1.45 bits per heavy atom. The summed E-state index contributed by atoms with van der Waals surface area (Å²) in [5, 5.41) is 3.21. The molecule has 6 saturated carbocycles. The van der Waals surface area contributed by atoms with Gasteiger partial charge in [-0.15, -0.1) is 0 Å². The number of aryl methyl sites for hydroxylation is 1. The van der Waals surface area contributed by atoms with Gasteiger partial charge in [0.2, 0.25) is 11.8 Å². The third-order valence-electron chi connectivity index (χ3n) is 34.1. The summed E-state index contributed by atoms with van der Waals surface area (Å²) in [5.74, 6) is 8.40. The van der Waals surface area contributed by atoms with Crippen LogP contribution in [0.4, 0.5) is 9.59 Å². The lowest BCUT2D eigenvalue weighted by Gasteiger charge is -2.47. The molecule has 8 bridgehead atoms. The fourth-order valence-electron chi connectivity index (χ4n) is 28.1. The first-order chi connectivity index (χ1) is 54.5. The molecule has 0 aromatic heterocycles. The maximum Gasteiger partial charge on any atom is 0.410 e. The first-order valence-corrected chi connectivity index (χ1v) is 45.8. The van der Waals surface area contributed by atoms with Crippen LogP contribution in [0.1, 0.15) is 279 Å². The largest absolute Gasteiger partial charge is 0.450 e. The number of ether oxygens (including phenoxy) is 3. The molecule has 21 rings (SSSR count). The summed E-state index contributed by atoms with van der Waals surface area (Å²) in [6, 6.07) is 38.6. The molecule has 4 aromatic carbocycles. The standard InChI is InChI=1S/C25H34N2O3.C25H36N2O2.C24H34N2O.C23H32N2O.2H2/c28-24(30-22-8-14-29-17-22)27-19-5-6-20(27)16-21(15-19)26-12-10-25(11-13-26)9-7-18-3-1-2-4-23(18)25;1-3-29-24(28)26(2)23-16-25(22-7-5-4-6-21(22)23)10-12-27(13-11-25)17-20-15-18-8-9-19(20)14-18;1-17(27)25(2)23-15-24(22-6-4-3-5-21(22)23)9-11-26(12-10-24)16-20-14-18-7-8-19(20)13-18;1-16(26)24-22-15-23(21-5-3-2-4-20(21)22)8-10-25(11-9-23)19-13-17-6-7-18(12-17)14-19;;/h1-4,19-22H,5-17H2;4-7,18-20,23H,3,8-17H2,1-2H3;3-6,18-20,23H,7-16H2,1-2H3;2-5,17-19,22H,6-15H2,1H3,(H,24,26);2*1H/t19?,20?,21?,22-;18-,19-,20+,23-;18-,19-,20+,23+;17?,18?,19?,22-;;/m0000../s1. The highest BCUT2D eigenvalue weighted by molar-refractivity contribution is 5.75. The normalized spacial score (nSPS) is 34.2. The Morgan fingerprint density at radius 1 is 0.482 bits per heavy atom. The summed E-state index contributed by atoms with van der Waals surface area (Å²) in [6.07, 6.45) is 40.4. The Kier molecular flexibility index (Phi) is 22.5. The van der Waals surface area contributed by atoms with Crippen molar-refractivity contribution in [2.45, 2.75) is 290 Å². The number of amides is 4. The Morgan fingerprint density at radius 2 is 0.946 bits per heavy atom. The number of nitrogens with one attached hydrogen (secondary N) is 1. The molecule has 4 unspecified atom stereocenters. The van der Waals surface area contributed by atoms with Crippen molar-refractivity contribution in [3.05, 3.63) is 142 Å². The van der Waals surface area contributed by atoms with Gasteiger partial charge in [-0.3, -0.25) is 9.59 Å². The molecule has 15 nitrogen and oxygen atoms in total. The van der Waals surface area contributed by atoms with E-state index in [1.165, 1.54) is 247 Å². The van der Waals surface area contributed by atoms with Crippen molar-refractivity contribution < 1.29 is 36.2 Å². The van der Waals surface area contributed by atoms with Crippen LogP contribution >= 0.6 is 0 Å². The molecule has 4 spiro atoms. The van der Waals surface area contributed by atoms with Crippen molar-refractivity contribution in [2.75, 3.05) is 99.4 Å². The number of piperidine rings is 5. The molecule has 15 heteroatoms. The monoisotopic (exact) mass is 1530 g/mol. The Hall–Kier alpha value is -5.84. The van der Waals surface area contributed by atoms with Gasteiger partial charge >= 0.3 is 12.2 Å². The number of likely N-dealkylation sites (tertiary alicyclic amines) is 4. The van der Waals surface area contributed by atoms with E-state index in [2.05, 4.69) is 127 Å². The van der Waals surface area contributed by atoms with E-state index in [0.29, 0.717) is 43.4 Å². The minimum atomic E-state index is -0.196. The average Bonchev–Trinajstić information content (AvgIpc) is 1.59. The van der Waals surface area contributed by atoms with Gasteiger partial charge < -0.3 is 53.8 Å². The highest BCUT2D eigenvalue weighted by Crippen LogP contribution is 2.58. The van der Waals surface area contributed by atoms with Crippen LogP contribution in [0, 0.1) is 47.3 Å². The van der Waals surface area contributed by atoms with Crippen LogP contribution in [-0.2, 0) is 51.9 Å². The molecule has 7 saturated heterocycles. The van der Waals surface area contributed by atoms with Gasteiger partial charge in [0, 0.05) is 90.7 Å². The second kappa shape index (κ2) is 32.6. The third-order valence-corrected chi connectivity index (χ3v) is 34.1. The lowest BCUT2D eigenvalue weighted by Crippen LogP contribution is -2.55. The average molecular weight is 1530 g/mol. The molecule has 14 atom stereocenters. The fourth-order valence-corrected chi connectivity index (χ4v) is 28.1. The topological polar surface area (TPSA) is 131 Å². The smallest absolute Gasteiger partial charge is 0.410 e. The molecule has 112 heavy (non-hydrogen) atoms. The van der Waals surface area contributed by atoms with Crippen LogP contribution in [0.25, 0.3) is 0 Å². The van der Waals surface area contributed by atoms with E-state index < -0.39 is 0 Å². The highest BCUT2D eigenvalue weighted by Gasteiger charge is 2.54. The molecule has 1 N–H and O–H groups in total. The molecule has 0 radical (unpaired) electrons. The van der Waals surface area contributed by atoms with Crippen molar-refractivity contribution in [3.63, 3.8) is 0 Å². The number of carbonyl (C=O) groups is 4. The molecule has 4 aromatic rings. The van der Waals surface area contributed by atoms with Crippen molar-refractivity contribution in [1.82, 2.24) is 39.6 Å². The first kappa shape index (κ1) is 77.4. The number of rotatable bonds is 11. The van der Waals surface area contributed by atoms with Crippen LogP contribution in [0.3, 0.4) is 0 Å². The SMILES string of the molecule is CC(=O)N(C)[C@@H]1CC2(CCN(C[C@H]3C[C@H]4CC[C@H]3C4)CC2)c2ccccc21.CC(=O)N[C@H]1CC2(CCN(C3CC4CCC(C4)C3)CC2)c2ccccc21.CCOC(=O)N(C)[C@H]1CC2(CCN(C[C@H]3C[C@H]4CC[C@H]3C4)CC2)c2ccccc21.O=C(O[C@H]1CCOC1)N1C2CCC1CC(N1CCC3(CCc4ccccc43)CC1)C2.[HH].[HH]. The lowest BCUT2D eigenvalue weighted by atomic mass is 9.72. The lowest BCUT2D eigenvalue weighted by molar-refractivity contribution is -0.130. The van der Waals surface area contributed by atoms with Gasteiger partial charge in [-0.05, 0) is 323 Å². The Balaban J connectivity index is 0.000000114. The van der Waals surface area contributed by atoms with Gasteiger partial charge in [-0.2, -0.15) is 0 Å². The van der Waals surface area contributed by atoms with Crippen LogP contribution in [0.5, 0.6) is 0 Å². The molecule has 13 fully saturated rings. The third kappa shape index (κ3) is 15.3. The fraction of sp³-hybridized carbons (Fsp3) is 0.711. The first-order valence-electron chi connectivity index (χ1n) is 45.8. The quantitative estimate of drug-likeness (QED) is 0.154. The molecule has 4 amide bonds.